The van der Waals surface area contributed by atoms with Gasteiger partial charge in [0.2, 0.25) is 0 Å². The quantitative estimate of drug-likeness (QED) is 0.545. The number of ether oxygens (including phenoxy) is 1. The average Bonchev–Trinajstić information content (AvgIpc) is 3.04. The van der Waals surface area contributed by atoms with Gasteiger partial charge in [-0.25, -0.2) is 4.79 Å². The van der Waals surface area contributed by atoms with E-state index in [0.717, 1.165) is 35.7 Å². The number of fused-ring (bicyclic) bond motifs is 1. The van der Waals surface area contributed by atoms with Crippen molar-refractivity contribution >= 4 is 44.1 Å². The van der Waals surface area contributed by atoms with Crippen molar-refractivity contribution in [2.75, 3.05) is 12.4 Å². The fourth-order valence-electron chi connectivity index (χ4n) is 3.72. The molecular weight excluding hydrogens is 438 g/mol. The number of anilines is 1. The van der Waals surface area contributed by atoms with Crippen molar-refractivity contribution in [1.29, 1.82) is 0 Å². The molecule has 4 nitrogen and oxygen atoms in total. The highest BCUT2D eigenvalue weighted by Gasteiger charge is 2.35. The van der Waals surface area contributed by atoms with Gasteiger partial charge in [-0.05, 0) is 60.4 Å². The summed E-state index contributed by atoms with van der Waals surface area (Å²) in [5.74, 6) is -0.0253. The molecule has 1 N–H and O–H groups in total. The lowest BCUT2D eigenvalue weighted by Gasteiger charge is -2.36. The van der Waals surface area contributed by atoms with Crippen molar-refractivity contribution in [3.05, 3.63) is 50.3 Å². The first-order valence-corrected chi connectivity index (χ1v) is 11.2. The van der Waals surface area contributed by atoms with Crippen molar-refractivity contribution in [2.45, 2.75) is 46.5 Å². The Bertz CT molecular complexity index is 886. The van der Waals surface area contributed by atoms with Crippen LogP contribution in [0.4, 0.5) is 5.00 Å². The summed E-state index contributed by atoms with van der Waals surface area (Å²) in [5.41, 5.74) is 2.38. The van der Waals surface area contributed by atoms with Gasteiger partial charge in [-0.1, -0.05) is 43.1 Å². The summed E-state index contributed by atoms with van der Waals surface area (Å²) in [6.45, 7) is 6.86. The summed E-state index contributed by atoms with van der Waals surface area (Å²) in [5, 5.41) is 3.55. The largest absolute Gasteiger partial charge is 0.465 e. The lowest BCUT2D eigenvalue weighted by molar-refractivity contribution is 0.0600. The molecule has 6 heteroatoms. The van der Waals surface area contributed by atoms with Crippen molar-refractivity contribution in [3.8, 4) is 0 Å². The third-order valence-corrected chi connectivity index (χ3v) is 7.70. The molecule has 0 spiro atoms. The van der Waals surface area contributed by atoms with Gasteiger partial charge in [-0.3, -0.25) is 4.79 Å². The Balaban J connectivity index is 1.92. The number of amides is 1. The first-order valence-electron chi connectivity index (χ1n) is 9.56. The number of halogens is 1. The topological polar surface area (TPSA) is 55.4 Å². The number of methoxy groups -OCH3 is 1. The van der Waals surface area contributed by atoms with Crippen molar-refractivity contribution < 1.29 is 14.3 Å². The molecule has 2 aromatic rings. The second-order valence-corrected chi connectivity index (χ2v) is 9.96. The molecule has 150 valence electrons. The van der Waals surface area contributed by atoms with Crippen LogP contribution in [0.25, 0.3) is 0 Å². The molecule has 0 saturated heterocycles. The van der Waals surface area contributed by atoms with Gasteiger partial charge in [0.25, 0.3) is 5.91 Å². The normalized spacial score (nSPS) is 16.4. The van der Waals surface area contributed by atoms with Crippen LogP contribution in [0.15, 0.2) is 28.7 Å². The first-order chi connectivity index (χ1) is 13.3. The van der Waals surface area contributed by atoms with Crippen LogP contribution in [0.3, 0.4) is 0 Å². The van der Waals surface area contributed by atoms with Gasteiger partial charge in [0.15, 0.2) is 0 Å². The van der Waals surface area contributed by atoms with Crippen LogP contribution in [0, 0.1) is 11.3 Å². The fourth-order valence-corrected chi connectivity index (χ4v) is 5.30. The molecule has 0 unspecified atom stereocenters. The number of hydrogen-bond donors (Lipinski definition) is 1. The molecular formula is C22H26BrNO3S. The van der Waals surface area contributed by atoms with Crippen molar-refractivity contribution in [1.82, 2.24) is 0 Å². The number of benzene rings is 1. The Hall–Kier alpha value is -1.66. The summed E-state index contributed by atoms with van der Waals surface area (Å²) in [6.07, 6.45) is 3.96. The SMILES string of the molecule is CCC(C)(C)[C@@H]1CCc2c(sc(NC(=O)c3ccc(Br)cc3)c2C(=O)OC)C1. The van der Waals surface area contributed by atoms with Gasteiger partial charge in [-0.15, -0.1) is 11.3 Å². The van der Waals surface area contributed by atoms with Crippen LogP contribution >= 0.6 is 27.3 Å². The van der Waals surface area contributed by atoms with E-state index >= 15 is 0 Å². The van der Waals surface area contributed by atoms with Crippen LogP contribution in [0.5, 0.6) is 0 Å². The maximum Gasteiger partial charge on any atom is 0.341 e. The monoisotopic (exact) mass is 463 g/mol. The maximum atomic E-state index is 12.7. The van der Waals surface area contributed by atoms with E-state index in [1.165, 1.54) is 23.3 Å². The first kappa shape index (κ1) is 21.1. The number of carbonyl (C=O) groups is 2. The Kier molecular flexibility index (Phi) is 6.30. The minimum Gasteiger partial charge on any atom is -0.465 e. The third kappa shape index (κ3) is 4.18. The van der Waals surface area contributed by atoms with Crippen LogP contribution < -0.4 is 5.32 Å². The van der Waals surface area contributed by atoms with E-state index < -0.39 is 0 Å². The number of esters is 1. The van der Waals surface area contributed by atoms with Gasteiger partial charge in [-0.2, -0.15) is 0 Å². The summed E-state index contributed by atoms with van der Waals surface area (Å²) in [4.78, 5) is 26.4. The van der Waals surface area contributed by atoms with Gasteiger partial charge < -0.3 is 10.1 Å². The van der Waals surface area contributed by atoms with Gasteiger partial charge in [0.05, 0.1) is 12.7 Å². The van der Waals surface area contributed by atoms with Crippen LogP contribution in [0.1, 0.15) is 64.8 Å². The molecule has 0 saturated carbocycles. The molecule has 0 aliphatic heterocycles. The van der Waals surface area contributed by atoms with E-state index in [4.69, 9.17) is 4.74 Å². The highest BCUT2D eigenvalue weighted by Crippen LogP contribution is 2.45. The smallest absolute Gasteiger partial charge is 0.341 e. The molecule has 1 atom stereocenters. The number of nitrogens with one attached hydrogen (secondary N) is 1. The standard InChI is InChI=1S/C22H26BrNO3S/c1-5-22(2,3)14-8-11-16-17(12-14)28-20(18(16)21(26)27-4)24-19(25)13-6-9-15(23)10-7-13/h6-7,9-10,14H,5,8,11-12H2,1-4H3,(H,24,25)/t14-/m1/s1. The molecule has 3 rings (SSSR count). The average molecular weight is 464 g/mol. The molecule has 1 aromatic carbocycles. The van der Waals surface area contributed by atoms with Crippen molar-refractivity contribution in [2.24, 2.45) is 11.3 Å². The molecule has 1 aliphatic carbocycles. The predicted molar refractivity (Wildman–Crippen MR) is 117 cm³/mol. The molecule has 1 aliphatic rings. The molecule has 28 heavy (non-hydrogen) atoms. The Labute approximate surface area is 178 Å². The Morgan fingerprint density at radius 3 is 2.57 bits per heavy atom. The molecule has 0 bridgehead atoms. The zero-order valence-corrected chi connectivity index (χ0v) is 19.1. The maximum absolute atomic E-state index is 12.7. The summed E-state index contributed by atoms with van der Waals surface area (Å²) in [7, 11) is 1.39. The van der Waals surface area contributed by atoms with E-state index in [1.807, 2.05) is 12.1 Å². The van der Waals surface area contributed by atoms with Gasteiger partial charge in [0.1, 0.15) is 5.00 Å². The van der Waals surface area contributed by atoms with Gasteiger partial charge in [0, 0.05) is 14.9 Å². The molecule has 1 amide bonds. The van der Waals surface area contributed by atoms with E-state index in [2.05, 4.69) is 42.0 Å². The number of carbonyl (C=O) groups excluding carboxylic acids is 2. The van der Waals surface area contributed by atoms with Crippen LogP contribution in [-0.4, -0.2) is 19.0 Å². The third-order valence-electron chi connectivity index (χ3n) is 6.00. The van der Waals surface area contributed by atoms with Gasteiger partial charge >= 0.3 is 5.97 Å². The van der Waals surface area contributed by atoms with E-state index in [-0.39, 0.29) is 17.3 Å². The lowest BCUT2D eigenvalue weighted by Crippen LogP contribution is -2.28. The fraction of sp³-hybridized carbons (Fsp3) is 0.455. The molecule has 0 radical (unpaired) electrons. The minimum absolute atomic E-state index is 0.221. The minimum atomic E-state index is -0.378. The highest BCUT2D eigenvalue weighted by atomic mass is 79.9. The van der Waals surface area contributed by atoms with Crippen LogP contribution in [-0.2, 0) is 17.6 Å². The summed E-state index contributed by atoms with van der Waals surface area (Å²) in [6, 6.07) is 7.16. The lowest BCUT2D eigenvalue weighted by atomic mass is 9.69. The zero-order chi connectivity index (χ0) is 20.5. The Morgan fingerprint density at radius 1 is 1.29 bits per heavy atom. The molecule has 1 aromatic heterocycles. The number of rotatable bonds is 5. The van der Waals surface area contributed by atoms with Crippen LogP contribution in [0.2, 0.25) is 0 Å². The zero-order valence-electron chi connectivity index (χ0n) is 16.7. The van der Waals surface area contributed by atoms with E-state index in [9.17, 15) is 9.59 Å². The molecule has 1 heterocycles. The summed E-state index contributed by atoms with van der Waals surface area (Å²) >= 11 is 4.90. The Morgan fingerprint density at radius 2 is 1.96 bits per heavy atom. The number of thiophene rings is 1. The van der Waals surface area contributed by atoms with Crippen molar-refractivity contribution in [3.63, 3.8) is 0 Å². The van der Waals surface area contributed by atoms with E-state index in [1.54, 1.807) is 12.1 Å². The summed E-state index contributed by atoms with van der Waals surface area (Å²) < 4.78 is 5.94. The second-order valence-electron chi connectivity index (χ2n) is 7.94. The predicted octanol–water partition coefficient (Wildman–Crippen LogP) is 6.09. The second kappa shape index (κ2) is 8.37. The van der Waals surface area contributed by atoms with E-state index in [0.29, 0.717) is 22.0 Å². The number of hydrogen-bond acceptors (Lipinski definition) is 4. The molecule has 0 fully saturated rings. The highest BCUT2D eigenvalue weighted by molar-refractivity contribution is 9.10.